The van der Waals surface area contributed by atoms with E-state index in [0.717, 1.165) is 24.0 Å². The summed E-state index contributed by atoms with van der Waals surface area (Å²) in [4.78, 5) is 14.7. The van der Waals surface area contributed by atoms with Crippen LogP contribution in [0.15, 0.2) is 46.9 Å². The fourth-order valence-electron chi connectivity index (χ4n) is 3.03. The second kappa shape index (κ2) is 7.68. The number of carbonyl (C=O) groups is 1. The third-order valence-corrected chi connectivity index (χ3v) is 5.32. The minimum atomic E-state index is -0.128. The molecule has 1 unspecified atom stereocenters. The molecule has 1 aliphatic rings. The number of benzene rings is 2. The van der Waals surface area contributed by atoms with Crippen molar-refractivity contribution in [3.63, 3.8) is 0 Å². The summed E-state index contributed by atoms with van der Waals surface area (Å²) >= 11 is 9.49. The minimum Gasteiger partial charge on any atom is -0.350 e. The van der Waals surface area contributed by atoms with E-state index >= 15 is 0 Å². The van der Waals surface area contributed by atoms with Crippen molar-refractivity contribution in [2.24, 2.45) is 0 Å². The predicted molar refractivity (Wildman–Crippen MR) is 102 cm³/mol. The van der Waals surface area contributed by atoms with Gasteiger partial charge in [-0.2, -0.15) is 0 Å². The first-order chi connectivity index (χ1) is 11.5. The molecule has 126 valence electrons. The first kappa shape index (κ1) is 17.5. The number of nitrogens with zero attached hydrogens (tertiary/aromatic N) is 1. The van der Waals surface area contributed by atoms with Crippen LogP contribution < -0.4 is 5.32 Å². The number of nitrogens with one attached hydrogen (secondary N) is 1. The van der Waals surface area contributed by atoms with Gasteiger partial charge in [0.05, 0.1) is 10.6 Å². The highest BCUT2D eigenvalue weighted by atomic mass is 79.9. The lowest BCUT2D eigenvalue weighted by atomic mass is 9.99. The molecule has 1 amide bonds. The lowest BCUT2D eigenvalue weighted by Crippen LogP contribution is -2.44. The normalized spacial score (nSPS) is 15.6. The average molecular weight is 408 g/mol. The van der Waals surface area contributed by atoms with Gasteiger partial charge in [0, 0.05) is 30.1 Å². The number of halogens is 2. The monoisotopic (exact) mass is 406 g/mol. The van der Waals surface area contributed by atoms with Gasteiger partial charge in [-0.05, 0) is 42.7 Å². The molecule has 0 radical (unpaired) electrons. The summed E-state index contributed by atoms with van der Waals surface area (Å²) in [7, 11) is 0. The molecule has 0 aliphatic carbocycles. The van der Waals surface area contributed by atoms with Crippen molar-refractivity contribution in [1.29, 1.82) is 0 Å². The van der Waals surface area contributed by atoms with Crippen molar-refractivity contribution in [2.45, 2.75) is 25.9 Å². The van der Waals surface area contributed by atoms with Gasteiger partial charge in [0.1, 0.15) is 0 Å². The van der Waals surface area contributed by atoms with E-state index in [4.69, 9.17) is 11.6 Å². The molecule has 0 spiro atoms. The Labute approximate surface area is 156 Å². The largest absolute Gasteiger partial charge is 0.350 e. The van der Waals surface area contributed by atoms with Crippen LogP contribution in [0.3, 0.4) is 0 Å². The quantitative estimate of drug-likeness (QED) is 0.820. The van der Waals surface area contributed by atoms with Crippen molar-refractivity contribution in [3.05, 3.63) is 68.7 Å². The van der Waals surface area contributed by atoms with Gasteiger partial charge < -0.3 is 5.32 Å². The Bertz CT molecular complexity index is 750. The number of amides is 1. The number of hydrogen-bond acceptors (Lipinski definition) is 2. The third-order valence-electron chi connectivity index (χ3n) is 4.52. The van der Waals surface area contributed by atoms with Crippen LogP contribution in [-0.2, 0) is 13.0 Å². The Kier molecular flexibility index (Phi) is 5.59. The number of hydrogen-bond donors (Lipinski definition) is 1. The van der Waals surface area contributed by atoms with E-state index in [1.165, 1.54) is 11.1 Å². The maximum Gasteiger partial charge on any atom is 0.252 e. The molecule has 24 heavy (non-hydrogen) atoms. The molecule has 1 atom stereocenters. The summed E-state index contributed by atoms with van der Waals surface area (Å²) in [6, 6.07) is 14.2. The molecule has 0 bridgehead atoms. The van der Waals surface area contributed by atoms with Crippen LogP contribution in [0.4, 0.5) is 0 Å². The van der Waals surface area contributed by atoms with Gasteiger partial charge in [0.15, 0.2) is 0 Å². The van der Waals surface area contributed by atoms with Gasteiger partial charge in [0.25, 0.3) is 5.91 Å². The maximum absolute atomic E-state index is 12.3. The first-order valence-electron chi connectivity index (χ1n) is 8.08. The highest BCUT2D eigenvalue weighted by molar-refractivity contribution is 9.10. The van der Waals surface area contributed by atoms with Crippen molar-refractivity contribution >= 4 is 33.4 Å². The van der Waals surface area contributed by atoms with Crippen LogP contribution in [0.25, 0.3) is 0 Å². The van der Waals surface area contributed by atoms with Crippen LogP contribution in [0.5, 0.6) is 0 Å². The first-order valence-corrected chi connectivity index (χ1v) is 9.26. The summed E-state index contributed by atoms with van der Waals surface area (Å²) in [6.45, 7) is 4.71. The highest BCUT2D eigenvalue weighted by Crippen LogP contribution is 2.22. The van der Waals surface area contributed by atoms with Crippen LogP contribution in [0.1, 0.15) is 28.4 Å². The molecule has 5 heteroatoms. The molecular weight excluding hydrogens is 388 g/mol. The number of carbonyl (C=O) groups excluding carboxylic acids is 1. The van der Waals surface area contributed by atoms with E-state index < -0.39 is 0 Å². The molecule has 3 nitrogen and oxygen atoms in total. The zero-order valence-corrected chi connectivity index (χ0v) is 15.9. The van der Waals surface area contributed by atoms with E-state index in [0.29, 0.717) is 17.1 Å². The summed E-state index contributed by atoms with van der Waals surface area (Å²) in [5.74, 6) is -0.128. The summed E-state index contributed by atoms with van der Waals surface area (Å²) in [5, 5.41) is 3.46. The second-order valence-corrected chi connectivity index (χ2v) is 7.50. The minimum absolute atomic E-state index is 0.128. The molecule has 1 heterocycles. The van der Waals surface area contributed by atoms with Gasteiger partial charge in [-0.15, -0.1) is 0 Å². The predicted octanol–water partition coefficient (Wildman–Crippen LogP) is 4.28. The number of fused-ring (bicyclic) bond motifs is 1. The van der Waals surface area contributed by atoms with Crippen molar-refractivity contribution in [3.8, 4) is 0 Å². The zero-order valence-electron chi connectivity index (χ0n) is 13.6. The molecule has 0 saturated carbocycles. The summed E-state index contributed by atoms with van der Waals surface area (Å²) in [6.07, 6.45) is 1.06. The van der Waals surface area contributed by atoms with E-state index in [1.54, 1.807) is 12.1 Å². The molecular formula is C19H20BrClN2O. The summed E-state index contributed by atoms with van der Waals surface area (Å²) < 4.78 is 0.865. The molecule has 1 aliphatic heterocycles. The van der Waals surface area contributed by atoms with Crippen LogP contribution in [0.2, 0.25) is 5.02 Å². The van der Waals surface area contributed by atoms with Gasteiger partial charge in [-0.1, -0.05) is 51.8 Å². The van der Waals surface area contributed by atoms with Crippen molar-refractivity contribution < 1.29 is 4.79 Å². The van der Waals surface area contributed by atoms with E-state index in [-0.39, 0.29) is 11.9 Å². The Balaban J connectivity index is 1.58. The summed E-state index contributed by atoms with van der Waals surface area (Å²) in [5.41, 5.74) is 3.33. The van der Waals surface area contributed by atoms with Gasteiger partial charge in [-0.25, -0.2) is 0 Å². The van der Waals surface area contributed by atoms with E-state index in [1.807, 2.05) is 6.07 Å². The number of rotatable bonds is 4. The molecule has 1 N–H and O–H groups in total. The standard InChI is InChI=1S/C19H20BrClN2O/c1-13(23-9-8-14-4-2-3-5-15(14)12-23)11-22-19(24)17-7-6-16(20)10-18(17)21/h2-7,10,13H,8-9,11-12H2,1H3,(H,22,24). The van der Waals surface area contributed by atoms with E-state index in [2.05, 4.69) is 57.3 Å². The topological polar surface area (TPSA) is 32.3 Å². The molecule has 2 aromatic rings. The maximum atomic E-state index is 12.3. The molecule has 0 saturated heterocycles. The molecule has 0 aromatic heterocycles. The molecule has 0 fully saturated rings. The van der Waals surface area contributed by atoms with Crippen LogP contribution >= 0.6 is 27.5 Å². The van der Waals surface area contributed by atoms with Gasteiger partial charge in [-0.3, -0.25) is 9.69 Å². The smallest absolute Gasteiger partial charge is 0.252 e. The third kappa shape index (κ3) is 4.00. The lowest BCUT2D eigenvalue weighted by molar-refractivity contribution is 0.0932. The van der Waals surface area contributed by atoms with Gasteiger partial charge in [0.2, 0.25) is 0 Å². The average Bonchev–Trinajstić information content (AvgIpc) is 2.59. The lowest BCUT2D eigenvalue weighted by Gasteiger charge is -2.33. The highest BCUT2D eigenvalue weighted by Gasteiger charge is 2.21. The molecule has 3 rings (SSSR count). The van der Waals surface area contributed by atoms with Crippen molar-refractivity contribution in [1.82, 2.24) is 10.2 Å². The Morgan fingerprint density at radius 3 is 2.79 bits per heavy atom. The zero-order chi connectivity index (χ0) is 17.1. The van der Waals surface area contributed by atoms with Crippen LogP contribution in [-0.4, -0.2) is 29.9 Å². The van der Waals surface area contributed by atoms with E-state index in [9.17, 15) is 4.79 Å². The van der Waals surface area contributed by atoms with Crippen molar-refractivity contribution in [2.75, 3.05) is 13.1 Å². The molecule has 2 aromatic carbocycles. The fraction of sp³-hybridized carbons (Fsp3) is 0.316. The SMILES string of the molecule is CC(CNC(=O)c1ccc(Br)cc1Cl)N1CCc2ccccc2C1. The Morgan fingerprint density at radius 1 is 1.29 bits per heavy atom. The van der Waals surface area contributed by atoms with Crippen LogP contribution in [0, 0.1) is 0 Å². The fourth-order valence-corrected chi connectivity index (χ4v) is 3.79. The van der Waals surface area contributed by atoms with Gasteiger partial charge >= 0.3 is 0 Å². The Morgan fingerprint density at radius 2 is 2.04 bits per heavy atom. The second-order valence-electron chi connectivity index (χ2n) is 6.17. The Hall–Kier alpha value is -1.36.